The lowest BCUT2D eigenvalue weighted by Gasteiger charge is -2.25. The molecule has 0 bridgehead atoms. The molecule has 1 saturated heterocycles. The first kappa shape index (κ1) is 15.8. The second kappa shape index (κ2) is 6.99. The van der Waals surface area contributed by atoms with Crippen LogP contribution in [0.5, 0.6) is 0 Å². The molecule has 1 amide bonds. The molecule has 2 aromatic rings. The van der Waals surface area contributed by atoms with E-state index in [1.165, 1.54) is 29.5 Å². The highest BCUT2D eigenvalue weighted by molar-refractivity contribution is 5.94. The molecule has 1 heterocycles. The van der Waals surface area contributed by atoms with Crippen molar-refractivity contribution in [1.29, 1.82) is 0 Å². The van der Waals surface area contributed by atoms with E-state index in [0.29, 0.717) is 5.92 Å². The SMILES string of the molecule is Cc1ccc(C(=O)N2CCCCC(c3ccccc3)C2)cc1C. The third-order valence-electron chi connectivity index (χ3n) is 4.98. The predicted molar refractivity (Wildman–Crippen MR) is 94.9 cm³/mol. The summed E-state index contributed by atoms with van der Waals surface area (Å²) < 4.78 is 0. The maximum absolute atomic E-state index is 12.9. The van der Waals surface area contributed by atoms with Crippen LogP contribution in [0.3, 0.4) is 0 Å². The van der Waals surface area contributed by atoms with Crippen molar-refractivity contribution in [2.75, 3.05) is 13.1 Å². The van der Waals surface area contributed by atoms with Gasteiger partial charge in [0.2, 0.25) is 0 Å². The summed E-state index contributed by atoms with van der Waals surface area (Å²) in [6.07, 6.45) is 3.46. The first-order valence-electron chi connectivity index (χ1n) is 8.56. The monoisotopic (exact) mass is 307 g/mol. The van der Waals surface area contributed by atoms with E-state index in [0.717, 1.165) is 25.1 Å². The number of hydrogen-bond donors (Lipinski definition) is 0. The Hall–Kier alpha value is -2.09. The smallest absolute Gasteiger partial charge is 0.253 e. The maximum atomic E-state index is 12.9. The van der Waals surface area contributed by atoms with Gasteiger partial charge in [0, 0.05) is 24.6 Å². The van der Waals surface area contributed by atoms with E-state index in [9.17, 15) is 4.79 Å². The van der Waals surface area contributed by atoms with Crippen molar-refractivity contribution in [3.63, 3.8) is 0 Å². The number of likely N-dealkylation sites (tertiary alicyclic amines) is 1. The van der Waals surface area contributed by atoms with Gasteiger partial charge in [-0.1, -0.05) is 42.8 Å². The average molecular weight is 307 g/mol. The quantitative estimate of drug-likeness (QED) is 0.786. The first-order chi connectivity index (χ1) is 11.1. The topological polar surface area (TPSA) is 20.3 Å². The Morgan fingerprint density at radius 1 is 1.00 bits per heavy atom. The highest BCUT2D eigenvalue weighted by Gasteiger charge is 2.24. The van der Waals surface area contributed by atoms with Gasteiger partial charge < -0.3 is 4.90 Å². The van der Waals surface area contributed by atoms with Crippen LogP contribution in [0.15, 0.2) is 48.5 Å². The lowest BCUT2D eigenvalue weighted by Crippen LogP contribution is -2.34. The molecule has 1 aliphatic heterocycles. The minimum atomic E-state index is 0.177. The van der Waals surface area contributed by atoms with Gasteiger partial charge in [0.25, 0.3) is 5.91 Å². The average Bonchev–Trinajstić information content (AvgIpc) is 2.84. The highest BCUT2D eigenvalue weighted by Crippen LogP contribution is 2.27. The molecule has 1 fully saturated rings. The summed E-state index contributed by atoms with van der Waals surface area (Å²) in [5.74, 6) is 0.630. The van der Waals surface area contributed by atoms with Crippen LogP contribution in [-0.2, 0) is 0 Å². The van der Waals surface area contributed by atoms with Crippen molar-refractivity contribution < 1.29 is 4.79 Å². The minimum absolute atomic E-state index is 0.177. The van der Waals surface area contributed by atoms with Gasteiger partial charge in [0.1, 0.15) is 0 Å². The van der Waals surface area contributed by atoms with Gasteiger partial charge in [-0.2, -0.15) is 0 Å². The van der Waals surface area contributed by atoms with Gasteiger partial charge >= 0.3 is 0 Å². The number of amides is 1. The zero-order chi connectivity index (χ0) is 16.2. The molecule has 2 aromatic carbocycles. The summed E-state index contributed by atoms with van der Waals surface area (Å²) in [6, 6.07) is 16.7. The predicted octanol–water partition coefficient (Wildman–Crippen LogP) is 4.71. The van der Waals surface area contributed by atoms with Crippen LogP contribution in [-0.4, -0.2) is 23.9 Å². The lowest BCUT2D eigenvalue weighted by molar-refractivity contribution is 0.0754. The third-order valence-corrected chi connectivity index (χ3v) is 4.98. The Morgan fingerprint density at radius 3 is 2.52 bits per heavy atom. The number of nitrogens with zero attached hydrogens (tertiary/aromatic N) is 1. The molecule has 0 N–H and O–H groups in total. The third kappa shape index (κ3) is 3.64. The van der Waals surface area contributed by atoms with Gasteiger partial charge in [0.15, 0.2) is 0 Å². The van der Waals surface area contributed by atoms with Gasteiger partial charge in [-0.15, -0.1) is 0 Å². The fourth-order valence-corrected chi connectivity index (χ4v) is 3.38. The normalized spacial score (nSPS) is 18.5. The fourth-order valence-electron chi connectivity index (χ4n) is 3.38. The van der Waals surface area contributed by atoms with Gasteiger partial charge in [-0.25, -0.2) is 0 Å². The summed E-state index contributed by atoms with van der Waals surface area (Å²) in [6.45, 7) is 5.85. The molecule has 0 aromatic heterocycles. The largest absolute Gasteiger partial charge is 0.338 e. The minimum Gasteiger partial charge on any atom is -0.338 e. The van der Waals surface area contributed by atoms with Crippen molar-refractivity contribution in [2.45, 2.75) is 39.0 Å². The van der Waals surface area contributed by atoms with E-state index >= 15 is 0 Å². The van der Waals surface area contributed by atoms with Gasteiger partial charge in [0.05, 0.1) is 0 Å². The Kier molecular flexibility index (Phi) is 4.80. The van der Waals surface area contributed by atoms with Crippen molar-refractivity contribution in [3.8, 4) is 0 Å². The van der Waals surface area contributed by atoms with Crippen LogP contribution in [0.4, 0.5) is 0 Å². The van der Waals surface area contributed by atoms with Gasteiger partial charge in [-0.3, -0.25) is 4.79 Å². The van der Waals surface area contributed by atoms with Crippen LogP contribution in [0.25, 0.3) is 0 Å². The summed E-state index contributed by atoms with van der Waals surface area (Å²) in [4.78, 5) is 15.0. The van der Waals surface area contributed by atoms with Crippen LogP contribution in [0.1, 0.15) is 52.2 Å². The van der Waals surface area contributed by atoms with Gasteiger partial charge in [-0.05, 0) is 55.5 Å². The van der Waals surface area contributed by atoms with E-state index in [1.807, 2.05) is 12.1 Å². The van der Waals surface area contributed by atoms with Crippen molar-refractivity contribution >= 4 is 5.91 Å². The number of hydrogen-bond acceptors (Lipinski definition) is 1. The second-order valence-corrected chi connectivity index (χ2v) is 6.65. The number of carbonyl (C=O) groups is 1. The number of rotatable bonds is 2. The summed E-state index contributed by atoms with van der Waals surface area (Å²) in [5, 5.41) is 0. The molecule has 1 atom stereocenters. The van der Waals surface area contributed by atoms with E-state index < -0.39 is 0 Å². The number of aryl methyl sites for hydroxylation is 2. The van der Waals surface area contributed by atoms with Crippen LogP contribution in [0.2, 0.25) is 0 Å². The zero-order valence-electron chi connectivity index (χ0n) is 14.1. The second-order valence-electron chi connectivity index (χ2n) is 6.65. The van der Waals surface area contributed by atoms with Crippen molar-refractivity contribution in [2.24, 2.45) is 0 Å². The van der Waals surface area contributed by atoms with E-state index in [2.05, 4.69) is 55.1 Å². The Bertz CT molecular complexity index is 677. The molecule has 0 spiro atoms. The van der Waals surface area contributed by atoms with Crippen LogP contribution in [0, 0.1) is 13.8 Å². The van der Waals surface area contributed by atoms with E-state index in [1.54, 1.807) is 0 Å². The first-order valence-corrected chi connectivity index (χ1v) is 8.56. The molecule has 1 aliphatic rings. The highest BCUT2D eigenvalue weighted by atomic mass is 16.2. The van der Waals surface area contributed by atoms with Crippen LogP contribution < -0.4 is 0 Å². The molecule has 2 heteroatoms. The fraction of sp³-hybridized carbons (Fsp3) is 0.381. The number of carbonyl (C=O) groups excluding carboxylic acids is 1. The maximum Gasteiger partial charge on any atom is 0.253 e. The summed E-state index contributed by atoms with van der Waals surface area (Å²) >= 11 is 0. The summed E-state index contributed by atoms with van der Waals surface area (Å²) in [7, 11) is 0. The molecular formula is C21H25NO. The molecule has 120 valence electrons. The summed E-state index contributed by atoms with van der Waals surface area (Å²) in [5.41, 5.74) is 4.60. The van der Waals surface area contributed by atoms with Crippen LogP contribution >= 0.6 is 0 Å². The Balaban J connectivity index is 1.80. The standard InChI is InChI=1S/C21H25NO/c1-16-11-12-19(14-17(16)2)21(23)22-13-7-6-10-20(15-22)18-8-4-3-5-9-18/h3-5,8-9,11-12,14,20H,6-7,10,13,15H2,1-2H3. The van der Waals surface area contributed by atoms with Crippen molar-refractivity contribution in [1.82, 2.24) is 4.90 Å². The van der Waals surface area contributed by atoms with Crippen molar-refractivity contribution in [3.05, 3.63) is 70.8 Å². The van der Waals surface area contributed by atoms with E-state index in [-0.39, 0.29) is 5.91 Å². The number of benzene rings is 2. The molecule has 23 heavy (non-hydrogen) atoms. The molecule has 1 unspecified atom stereocenters. The molecular weight excluding hydrogens is 282 g/mol. The molecule has 0 radical (unpaired) electrons. The molecule has 2 nitrogen and oxygen atoms in total. The zero-order valence-corrected chi connectivity index (χ0v) is 14.1. The Morgan fingerprint density at radius 2 is 1.78 bits per heavy atom. The van der Waals surface area contributed by atoms with E-state index in [4.69, 9.17) is 0 Å². The molecule has 0 saturated carbocycles. The Labute approximate surface area is 139 Å². The molecule has 0 aliphatic carbocycles. The molecule has 3 rings (SSSR count). The lowest BCUT2D eigenvalue weighted by atomic mass is 9.94.